The van der Waals surface area contributed by atoms with Crippen molar-refractivity contribution in [2.45, 2.75) is 20.3 Å². The normalized spacial score (nSPS) is 11.1. The number of hydrogen-bond acceptors (Lipinski definition) is 1. The number of para-hydroxylation sites is 1. The molecule has 0 fully saturated rings. The van der Waals surface area contributed by atoms with Gasteiger partial charge in [-0.25, -0.2) is 0 Å². The molecule has 2 N–H and O–H groups in total. The van der Waals surface area contributed by atoms with Gasteiger partial charge < -0.3 is 10.3 Å². The molecular weight excluding hydrogens is 184 g/mol. The van der Waals surface area contributed by atoms with Gasteiger partial charge in [0.15, 0.2) is 0 Å². The SMILES string of the molecule is CCNCCc1c[nH]c2c(C)cccc12. The maximum absolute atomic E-state index is 3.36. The topological polar surface area (TPSA) is 27.8 Å². The first kappa shape index (κ1) is 10.2. The van der Waals surface area contributed by atoms with E-state index in [-0.39, 0.29) is 0 Å². The zero-order chi connectivity index (χ0) is 10.7. The van der Waals surface area contributed by atoms with E-state index in [1.165, 1.54) is 22.0 Å². The number of benzene rings is 1. The predicted molar refractivity (Wildman–Crippen MR) is 65.3 cm³/mol. The van der Waals surface area contributed by atoms with Gasteiger partial charge >= 0.3 is 0 Å². The van der Waals surface area contributed by atoms with Crippen LogP contribution in [0.5, 0.6) is 0 Å². The van der Waals surface area contributed by atoms with Crippen molar-refractivity contribution in [3.63, 3.8) is 0 Å². The van der Waals surface area contributed by atoms with Crippen LogP contribution in [0, 0.1) is 6.92 Å². The van der Waals surface area contributed by atoms with E-state index in [1.54, 1.807) is 0 Å². The summed E-state index contributed by atoms with van der Waals surface area (Å²) in [6.07, 6.45) is 3.23. The Labute approximate surface area is 90.7 Å². The van der Waals surface area contributed by atoms with Crippen molar-refractivity contribution in [3.8, 4) is 0 Å². The zero-order valence-corrected chi connectivity index (χ0v) is 9.43. The van der Waals surface area contributed by atoms with Crippen molar-refractivity contribution < 1.29 is 0 Å². The third-order valence-corrected chi connectivity index (χ3v) is 2.83. The number of rotatable bonds is 4. The first-order valence-corrected chi connectivity index (χ1v) is 5.59. The van der Waals surface area contributed by atoms with Crippen LogP contribution in [0.1, 0.15) is 18.1 Å². The van der Waals surface area contributed by atoms with Crippen LogP contribution < -0.4 is 5.32 Å². The van der Waals surface area contributed by atoms with Gasteiger partial charge in [0.25, 0.3) is 0 Å². The Kier molecular flexibility index (Phi) is 3.07. The Morgan fingerprint density at radius 3 is 3.00 bits per heavy atom. The average Bonchev–Trinajstić information content (AvgIpc) is 2.64. The number of aromatic nitrogens is 1. The fraction of sp³-hybridized carbons (Fsp3) is 0.385. The van der Waals surface area contributed by atoms with Crippen molar-refractivity contribution in [1.29, 1.82) is 0 Å². The molecule has 0 amide bonds. The molecule has 0 saturated heterocycles. The summed E-state index contributed by atoms with van der Waals surface area (Å²) in [5, 5.41) is 4.72. The van der Waals surface area contributed by atoms with Crippen LogP contribution in [0.25, 0.3) is 10.9 Å². The molecule has 2 aromatic rings. The van der Waals surface area contributed by atoms with Crippen molar-refractivity contribution in [2.75, 3.05) is 13.1 Å². The predicted octanol–water partition coefficient (Wildman–Crippen LogP) is 2.63. The maximum atomic E-state index is 3.36. The lowest BCUT2D eigenvalue weighted by molar-refractivity contribution is 0.718. The molecule has 80 valence electrons. The summed E-state index contributed by atoms with van der Waals surface area (Å²) in [4.78, 5) is 3.36. The maximum Gasteiger partial charge on any atom is 0.0486 e. The monoisotopic (exact) mass is 202 g/mol. The molecule has 0 atom stereocenters. The van der Waals surface area contributed by atoms with Gasteiger partial charge in [0.2, 0.25) is 0 Å². The van der Waals surface area contributed by atoms with Crippen LogP contribution >= 0.6 is 0 Å². The summed E-state index contributed by atoms with van der Waals surface area (Å²) in [5.41, 5.74) is 4.01. The van der Waals surface area contributed by atoms with Crippen molar-refractivity contribution in [3.05, 3.63) is 35.5 Å². The third-order valence-electron chi connectivity index (χ3n) is 2.83. The second kappa shape index (κ2) is 4.49. The summed E-state index contributed by atoms with van der Waals surface area (Å²) in [6, 6.07) is 6.47. The molecule has 0 aliphatic rings. The molecule has 2 rings (SSSR count). The fourth-order valence-electron chi connectivity index (χ4n) is 1.97. The number of H-pyrrole nitrogens is 1. The van der Waals surface area contributed by atoms with E-state index in [1.807, 2.05) is 0 Å². The zero-order valence-electron chi connectivity index (χ0n) is 9.43. The Hall–Kier alpha value is -1.28. The van der Waals surface area contributed by atoms with Crippen LogP contribution in [-0.2, 0) is 6.42 Å². The van der Waals surface area contributed by atoms with Crippen LogP contribution in [0.15, 0.2) is 24.4 Å². The molecule has 2 heteroatoms. The number of nitrogens with one attached hydrogen (secondary N) is 2. The van der Waals surface area contributed by atoms with Gasteiger partial charge in [-0.15, -0.1) is 0 Å². The molecule has 0 unspecified atom stereocenters. The summed E-state index contributed by atoms with van der Waals surface area (Å²) >= 11 is 0. The van der Waals surface area contributed by atoms with E-state index in [4.69, 9.17) is 0 Å². The number of aryl methyl sites for hydroxylation is 1. The smallest absolute Gasteiger partial charge is 0.0486 e. The van der Waals surface area contributed by atoms with Gasteiger partial charge in [-0.3, -0.25) is 0 Å². The van der Waals surface area contributed by atoms with E-state index in [9.17, 15) is 0 Å². The van der Waals surface area contributed by atoms with Crippen LogP contribution in [0.2, 0.25) is 0 Å². The van der Waals surface area contributed by atoms with Crippen molar-refractivity contribution >= 4 is 10.9 Å². The first-order chi connectivity index (χ1) is 7.33. The Morgan fingerprint density at radius 2 is 2.20 bits per heavy atom. The van der Waals surface area contributed by atoms with Gasteiger partial charge in [-0.05, 0) is 37.6 Å². The van der Waals surface area contributed by atoms with Gasteiger partial charge in [0.05, 0.1) is 0 Å². The molecule has 1 aromatic heterocycles. The highest BCUT2D eigenvalue weighted by atomic mass is 14.8. The van der Waals surface area contributed by atoms with Crippen LogP contribution in [0.4, 0.5) is 0 Å². The molecule has 0 aliphatic heterocycles. The fourth-order valence-corrected chi connectivity index (χ4v) is 1.97. The lowest BCUT2D eigenvalue weighted by Gasteiger charge is -2.01. The lowest BCUT2D eigenvalue weighted by Crippen LogP contribution is -2.15. The highest BCUT2D eigenvalue weighted by Gasteiger charge is 2.03. The Bertz CT molecular complexity index is 443. The van der Waals surface area contributed by atoms with Crippen molar-refractivity contribution in [1.82, 2.24) is 10.3 Å². The molecule has 0 bridgehead atoms. The molecule has 15 heavy (non-hydrogen) atoms. The minimum atomic E-state index is 1.04. The number of hydrogen-bond donors (Lipinski definition) is 2. The van der Waals surface area contributed by atoms with Gasteiger partial charge in [-0.1, -0.05) is 25.1 Å². The quantitative estimate of drug-likeness (QED) is 0.733. The summed E-state index contributed by atoms with van der Waals surface area (Å²) < 4.78 is 0. The summed E-state index contributed by atoms with van der Waals surface area (Å²) in [7, 11) is 0. The standard InChI is InChI=1S/C13H18N2/c1-3-14-8-7-11-9-15-13-10(2)5-4-6-12(11)13/h4-6,9,14-15H,3,7-8H2,1-2H3. The highest BCUT2D eigenvalue weighted by Crippen LogP contribution is 2.21. The Balaban J connectivity index is 2.25. The number of fused-ring (bicyclic) bond motifs is 1. The van der Waals surface area contributed by atoms with E-state index in [0.29, 0.717) is 0 Å². The van der Waals surface area contributed by atoms with Crippen molar-refractivity contribution in [2.24, 2.45) is 0 Å². The molecular formula is C13H18N2. The van der Waals surface area contributed by atoms with E-state index in [0.717, 1.165) is 19.5 Å². The van der Waals surface area contributed by atoms with Crippen LogP contribution in [0.3, 0.4) is 0 Å². The summed E-state index contributed by atoms with van der Waals surface area (Å²) in [6.45, 7) is 6.38. The molecule has 0 saturated carbocycles. The summed E-state index contributed by atoms with van der Waals surface area (Å²) in [5.74, 6) is 0. The van der Waals surface area contributed by atoms with E-state index in [2.05, 4.69) is 48.5 Å². The Morgan fingerprint density at radius 1 is 1.33 bits per heavy atom. The molecule has 0 radical (unpaired) electrons. The first-order valence-electron chi connectivity index (χ1n) is 5.59. The van der Waals surface area contributed by atoms with E-state index < -0.39 is 0 Å². The number of aromatic amines is 1. The van der Waals surface area contributed by atoms with Crippen LogP contribution in [-0.4, -0.2) is 18.1 Å². The minimum absolute atomic E-state index is 1.04. The molecule has 1 heterocycles. The largest absolute Gasteiger partial charge is 0.361 e. The number of likely N-dealkylation sites (N-methyl/N-ethyl adjacent to an activating group) is 1. The highest BCUT2D eigenvalue weighted by molar-refractivity contribution is 5.85. The van der Waals surface area contributed by atoms with Gasteiger partial charge in [-0.2, -0.15) is 0 Å². The second-order valence-electron chi connectivity index (χ2n) is 3.91. The molecule has 2 nitrogen and oxygen atoms in total. The third kappa shape index (κ3) is 2.05. The minimum Gasteiger partial charge on any atom is -0.361 e. The molecule has 0 aliphatic carbocycles. The van der Waals surface area contributed by atoms with E-state index >= 15 is 0 Å². The average molecular weight is 202 g/mol. The lowest BCUT2D eigenvalue weighted by atomic mass is 10.1. The molecule has 1 aromatic carbocycles. The van der Waals surface area contributed by atoms with Gasteiger partial charge in [0, 0.05) is 17.1 Å². The second-order valence-corrected chi connectivity index (χ2v) is 3.91. The van der Waals surface area contributed by atoms with Gasteiger partial charge in [0.1, 0.15) is 0 Å². The molecule has 0 spiro atoms.